The van der Waals surface area contributed by atoms with E-state index in [9.17, 15) is 9.50 Å². The lowest BCUT2D eigenvalue weighted by Gasteiger charge is -2.35. The highest BCUT2D eigenvalue weighted by Gasteiger charge is 2.31. The van der Waals surface area contributed by atoms with E-state index in [1.807, 2.05) is 0 Å². The number of halogens is 1. The third-order valence-corrected chi connectivity index (χ3v) is 4.42. The van der Waals surface area contributed by atoms with Crippen LogP contribution < -0.4 is 0 Å². The zero-order valence-corrected chi connectivity index (χ0v) is 11.8. The highest BCUT2D eigenvalue weighted by Crippen LogP contribution is 2.27. The molecule has 0 spiro atoms. The Morgan fingerprint density at radius 2 is 1.95 bits per heavy atom. The summed E-state index contributed by atoms with van der Waals surface area (Å²) in [6, 6.07) is 7.14. The predicted octanol–water partition coefficient (Wildman–Crippen LogP) is 2.03. The molecule has 20 heavy (non-hydrogen) atoms. The fraction of sp³-hybridized carbons (Fsp3) is 0.625. The van der Waals surface area contributed by atoms with Crippen molar-refractivity contribution in [2.24, 2.45) is 0 Å². The lowest BCUT2D eigenvalue weighted by molar-refractivity contribution is 0.0989. The second-order valence-corrected chi connectivity index (χ2v) is 5.97. The molecule has 0 bridgehead atoms. The minimum atomic E-state index is -0.563. The molecule has 1 N–H and O–H groups in total. The number of aliphatic hydroxyl groups excluding tert-OH is 1. The maximum absolute atomic E-state index is 13.1. The molecule has 3 rings (SSSR count). The molecule has 1 unspecified atom stereocenters. The zero-order valence-electron chi connectivity index (χ0n) is 11.8. The Morgan fingerprint density at radius 1 is 1.20 bits per heavy atom. The van der Waals surface area contributed by atoms with Crippen molar-refractivity contribution in [3.8, 4) is 0 Å². The highest BCUT2D eigenvalue weighted by molar-refractivity contribution is 5.18. The molecule has 0 radical (unpaired) electrons. The molecular formula is C16H23FN2O. The summed E-state index contributed by atoms with van der Waals surface area (Å²) in [5.41, 5.74) is 0.682. The molecule has 1 heterocycles. The van der Waals surface area contributed by atoms with Crippen molar-refractivity contribution >= 4 is 0 Å². The Morgan fingerprint density at radius 3 is 2.60 bits per heavy atom. The number of hydrogen-bond acceptors (Lipinski definition) is 3. The first-order chi connectivity index (χ1) is 9.72. The Labute approximate surface area is 120 Å². The fourth-order valence-electron chi connectivity index (χ4n) is 2.98. The lowest BCUT2D eigenvalue weighted by atomic mass is 10.1. The number of rotatable bonds is 5. The van der Waals surface area contributed by atoms with Crippen LogP contribution in [0.5, 0.6) is 0 Å². The lowest BCUT2D eigenvalue weighted by Crippen LogP contribution is -2.47. The standard InChI is InChI=1S/C16H23FN2O/c17-14-3-1-2-13(12-14)16(20)6-7-18-8-10-19(11-9-18)15-4-5-15/h1-3,12,15-16,20H,4-11H2. The van der Waals surface area contributed by atoms with Crippen LogP contribution in [0.3, 0.4) is 0 Å². The van der Waals surface area contributed by atoms with Crippen LogP contribution in [0.25, 0.3) is 0 Å². The van der Waals surface area contributed by atoms with Gasteiger partial charge in [-0.15, -0.1) is 0 Å². The Balaban J connectivity index is 1.43. The second kappa shape index (κ2) is 6.20. The van der Waals surface area contributed by atoms with Crippen LogP contribution in [0.15, 0.2) is 24.3 Å². The van der Waals surface area contributed by atoms with Crippen molar-refractivity contribution < 1.29 is 9.50 Å². The molecule has 2 fully saturated rings. The van der Waals surface area contributed by atoms with E-state index in [0.29, 0.717) is 12.0 Å². The maximum Gasteiger partial charge on any atom is 0.123 e. The summed E-state index contributed by atoms with van der Waals surface area (Å²) in [6.07, 6.45) is 2.86. The SMILES string of the molecule is OC(CCN1CCN(C2CC2)CC1)c1cccc(F)c1. The summed E-state index contributed by atoms with van der Waals surface area (Å²) in [5.74, 6) is -0.278. The molecular weight excluding hydrogens is 255 g/mol. The topological polar surface area (TPSA) is 26.7 Å². The summed E-state index contributed by atoms with van der Waals surface area (Å²) < 4.78 is 13.1. The number of piperazine rings is 1. The molecule has 4 heteroatoms. The van der Waals surface area contributed by atoms with Gasteiger partial charge in [-0.25, -0.2) is 4.39 Å². The molecule has 0 aromatic heterocycles. The second-order valence-electron chi connectivity index (χ2n) is 5.97. The van der Waals surface area contributed by atoms with E-state index in [1.54, 1.807) is 12.1 Å². The highest BCUT2D eigenvalue weighted by atomic mass is 19.1. The van der Waals surface area contributed by atoms with Crippen molar-refractivity contribution in [1.29, 1.82) is 0 Å². The monoisotopic (exact) mass is 278 g/mol. The first-order valence-electron chi connectivity index (χ1n) is 7.62. The largest absolute Gasteiger partial charge is 0.388 e. The number of benzene rings is 1. The van der Waals surface area contributed by atoms with Crippen LogP contribution >= 0.6 is 0 Å². The summed E-state index contributed by atoms with van der Waals surface area (Å²) in [4.78, 5) is 4.99. The number of hydrogen-bond donors (Lipinski definition) is 1. The molecule has 1 aromatic rings. The van der Waals surface area contributed by atoms with Gasteiger partial charge in [0.2, 0.25) is 0 Å². The van der Waals surface area contributed by atoms with Gasteiger partial charge < -0.3 is 10.0 Å². The van der Waals surface area contributed by atoms with E-state index < -0.39 is 6.10 Å². The van der Waals surface area contributed by atoms with Crippen LogP contribution in [0, 0.1) is 5.82 Å². The van der Waals surface area contributed by atoms with Gasteiger partial charge in [-0.05, 0) is 37.0 Å². The zero-order chi connectivity index (χ0) is 13.9. The first-order valence-corrected chi connectivity index (χ1v) is 7.62. The first kappa shape index (κ1) is 14.0. The molecule has 0 amide bonds. The van der Waals surface area contributed by atoms with Gasteiger partial charge in [0.05, 0.1) is 6.10 Å². The molecule has 110 valence electrons. The van der Waals surface area contributed by atoms with Gasteiger partial charge in [0.15, 0.2) is 0 Å². The van der Waals surface area contributed by atoms with Gasteiger partial charge in [-0.2, -0.15) is 0 Å². The molecule has 1 aliphatic heterocycles. The average molecular weight is 278 g/mol. The normalized spacial score (nSPS) is 22.9. The molecule has 2 aliphatic rings. The smallest absolute Gasteiger partial charge is 0.123 e. The minimum Gasteiger partial charge on any atom is -0.388 e. The third kappa shape index (κ3) is 3.57. The van der Waals surface area contributed by atoms with Crippen LogP contribution in [0.2, 0.25) is 0 Å². The van der Waals surface area contributed by atoms with Gasteiger partial charge in [0, 0.05) is 38.8 Å². The molecule has 3 nitrogen and oxygen atoms in total. The summed E-state index contributed by atoms with van der Waals surface area (Å²) in [7, 11) is 0. The van der Waals surface area contributed by atoms with E-state index in [0.717, 1.165) is 38.8 Å². The van der Waals surface area contributed by atoms with Gasteiger partial charge in [-0.3, -0.25) is 4.90 Å². The molecule has 1 atom stereocenters. The van der Waals surface area contributed by atoms with Crippen LogP contribution in [0.1, 0.15) is 30.9 Å². The molecule has 1 saturated heterocycles. The van der Waals surface area contributed by atoms with E-state index in [4.69, 9.17) is 0 Å². The van der Waals surface area contributed by atoms with Gasteiger partial charge in [-0.1, -0.05) is 12.1 Å². The Bertz CT molecular complexity index is 442. The van der Waals surface area contributed by atoms with Crippen LogP contribution in [-0.2, 0) is 0 Å². The minimum absolute atomic E-state index is 0.278. The van der Waals surface area contributed by atoms with Crippen LogP contribution in [-0.4, -0.2) is 53.7 Å². The van der Waals surface area contributed by atoms with E-state index in [1.165, 1.54) is 25.0 Å². The van der Waals surface area contributed by atoms with Gasteiger partial charge >= 0.3 is 0 Å². The molecule has 1 saturated carbocycles. The third-order valence-electron chi connectivity index (χ3n) is 4.42. The summed E-state index contributed by atoms with van der Waals surface area (Å²) in [5, 5.41) is 10.1. The Kier molecular flexibility index (Phi) is 4.34. The van der Waals surface area contributed by atoms with Crippen LogP contribution in [0.4, 0.5) is 4.39 Å². The summed E-state index contributed by atoms with van der Waals surface area (Å²) >= 11 is 0. The average Bonchev–Trinajstić information content (AvgIpc) is 3.30. The fourth-order valence-corrected chi connectivity index (χ4v) is 2.98. The maximum atomic E-state index is 13.1. The predicted molar refractivity (Wildman–Crippen MR) is 77.0 cm³/mol. The number of aliphatic hydroxyl groups is 1. The van der Waals surface area contributed by atoms with Crippen molar-refractivity contribution in [3.05, 3.63) is 35.6 Å². The van der Waals surface area contributed by atoms with E-state index in [2.05, 4.69) is 9.80 Å². The quantitative estimate of drug-likeness (QED) is 0.893. The molecule has 1 aromatic carbocycles. The van der Waals surface area contributed by atoms with Crippen molar-refractivity contribution in [1.82, 2.24) is 9.80 Å². The summed E-state index contributed by atoms with van der Waals surface area (Å²) in [6.45, 7) is 5.37. The molecule has 1 aliphatic carbocycles. The van der Waals surface area contributed by atoms with Crippen molar-refractivity contribution in [3.63, 3.8) is 0 Å². The van der Waals surface area contributed by atoms with E-state index >= 15 is 0 Å². The van der Waals surface area contributed by atoms with Crippen molar-refractivity contribution in [2.75, 3.05) is 32.7 Å². The Hall–Kier alpha value is -0.970. The van der Waals surface area contributed by atoms with Gasteiger partial charge in [0.1, 0.15) is 5.82 Å². The van der Waals surface area contributed by atoms with Crippen molar-refractivity contribution in [2.45, 2.75) is 31.4 Å². The van der Waals surface area contributed by atoms with E-state index in [-0.39, 0.29) is 5.82 Å². The number of nitrogens with zero attached hydrogens (tertiary/aromatic N) is 2. The van der Waals surface area contributed by atoms with Gasteiger partial charge in [0.25, 0.3) is 0 Å².